The van der Waals surface area contributed by atoms with E-state index in [1.165, 1.54) is 4.70 Å². The van der Waals surface area contributed by atoms with Crippen molar-refractivity contribution in [1.29, 1.82) is 0 Å². The molecule has 1 heterocycles. The van der Waals surface area contributed by atoms with E-state index in [0.717, 1.165) is 28.1 Å². The smallest absolute Gasteiger partial charge is 0.377 e. The molecule has 4 nitrogen and oxygen atoms in total. The van der Waals surface area contributed by atoms with Gasteiger partial charge in [-0.25, -0.2) is 4.98 Å². The van der Waals surface area contributed by atoms with Gasteiger partial charge in [0.2, 0.25) is 0 Å². The van der Waals surface area contributed by atoms with Crippen LogP contribution in [0.1, 0.15) is 6.42 Å². The molecule has 0 saturated heterocycles. The number of benzene rings is 1. The molecule has 2 rings (SSSR count). The first-order valence-electron chi connectivity index (χ1n) is 6.87. The second-order valence-electron chi connectivity index (χ2n) is 4.39. The van der Waals surface area contributed by atoms with E-state index in [1.807, 2.05) is 16.9 Å². The molecule has 128 valence electrons. The fourth-order valence-electron chi connectivity index (χ4n) is 1.89. The Hall–Kier alpha value is 0.607. The molecule has 0 spiro atoms. The van der Waals surface area contributed by atoms with Crippen LogP contribution in [0.15, 0.2) is 28.6 Å². The van der Waals surface area contributed by atoms with Crippen LogP contribution in [0, 0.1) is 0 Å². The highest BCUT2D eigenvalue weighted by Gasteiger charge is 2.36. The van der Waals surface area contributed by atoms with Gasteiger partial charge in [-0.2, -0.15) is 0 Å². The van der Waals surface area contributed by atoms with Crippen molar-refractivity contribution >= 4 is 71.6 Å². The van der Waals surface area contributed by atoms with E-state index in [4.69, 9.17) is 13.3 Å². The highest BCUT2D eigenvalue weighted by Crippen LogP contribution is 2.48. The van der Waals surface area contributed by atoms with Crippen LogP contribution >= 0.6 is 52.6 Å². The Morgan fingerprint density at radius 1 is 1.09 bits per heavy atom. The summed E-state index contributed by atoms with van der Waals surface area (Å²) in [6, 6.07) is 9.09. The first-order chi connectivity index (χ1) is 11.2. The van der Waals surface area contributed by atoms with Crippen molar-refractivity contribution in [2.24, 2.45) is 0 Å². The lowest BCUT2D eigenvalue weighted by molar-refractivity contribution is 0.123. The fourth-order valence-corrected chi connectivity index (χ4v) is 11.2. The van der Waals surface area contributed by atoms with E-state index in [2.05, 4.69) is 23.2 Å². The van der Waals surface area contributed by atoms with Crippen LogP contribution in [0.2, 0.25) is 6.04 Å². The van der Waals surface area contributed by atoms with Crippen molar-refractivity contribution < 1.29 is 13.3 Å². The van der Waals surface area contributed by atoms with E-state index < -0.39 is 8.80 Å². The van der Waals surface area contributed by atoms with E-state index in [-0.39, 0.29) is 0 Å². The number of fused-ring (bicyclic) bond motifs is 1. The third-order valence-electron chi connectivity index (χ3n) is 3.10. The molecule has 0 atom stereocenters. The lowest BCUT2D eigenvalue weighted by atomic mass is 10.3. The molecule has 0 unspecified atom stereocenters. The molecule has 0 amide bonds. The minimum Gasteiger partial charge on any atom is -0.377 e. The second-order valence-corrected chi connectivity index (χ2v) is 14.7. The maximum Gasteiger partial charge on any atom is 0.500 e. The molecular weight excluding hydrogens is 407 g/mol. The van der Waals surface area contributed by atoms with Crippen molar-refractivity contribution in [3.63, 3.8) is 0 Å². The molecule has 0 radical (unpaired) electrons. The standard InChI is InChI=1S/C13H19NO3S5Si/c1-15-23(16-2,17-3)10-6-9-18-21-22-20-13-14-11-7-4-5-8-12(11)19-13/h4-5,7-8H,6,9-10H2,1-3H3. The Labute approximate surface area is 157 Å². The Balaban J connectivity index is 1.61. The molecule has 0 N–H and O–H groups in total. The van der Waals surface area contributed by atoms with Gasteiger partial charge >= 0.3 is 8.80 Å². The van der Waals surface area contributed by atoms with Gasteiger partial charge in [0.1, 0.15) is 0 Å². The number of thiazole rings is 1. The van der Waals surface area contributed by atoms with Gasteiger partial charge < -0.3 is 13.3 Å². The summed E-state index contributed by atoms with van der Waals surface area (Å²) in [5.41, 5.74) is 1.08. The quantitative estimate of drug-likeness (QED) is 0.262. The normalized spacial score (nSPS) is 12.1. The van der Waals surface area contributed by atoms with Crippen LogP contribution < -0.4 is 0 Å². The van der Waals surface area contributed by atoms with Crippen LogP contribution in [0.5, 0.6) is 0 Å². The van der Waals surface area contributed by atoms with Gasteiger partial charge in [-0.3, -0.25) is 0 Å². The average Bonchev–Trinajstić information content (AvgIpc) is 3.01. The average molecular weight is 426 g/mol. The molecule has 10 heteroatoms. The Bertz CT molecular complexity index is 554. The molecule has 1 aromatic carbocycles. The molecule has 0 bridgehead atoms. The molecule has 2 aromatic rings. The second kappa shape index (κ2) is 10.6. The summed E-state index contributed by atoms with van der Waals surface area (Å²) < 4.78 is 18.6. The predicted octanol–water partition coefficient (Wildman–Crippen LogP) is 5.60. The lowest BCUT2D eigenvalue weighted by Crippen LogP contribution is -2.42. The first kappa shape index (κ1) is 19.9. The van der Waals surface area contributed by atoms with Crippen molar-refractivity contribution in [1.82, 2.24) is 4.98 Å². The van der Waals surface area contributed by atoms with Gasteiger partial charge in [0, 0.05) is 33.1 Å². The summed E-state index contributed by atoms with van der Waals surface area (Å²) in [7, 11) is 9.69. The Kier molecular flexibility index (Phi) is 9.15. The van der Waals surface area contributed by atoms with E-state index in [1.54, 1.807) is 63.1 Å². The van der Waals surface area contributed by atoms with Crippen LogP contribution in [0.3, 0.4) is 0 Å². The molecule has 0 saturated carbocycles. The lowest BCUT2D eigenvalue weighted by Gasteiger charge is -2.23. The summed E-state index contributed by atoms with van der Waals surface area (Å²) in [6.07, 6.45) is 1.02. The minimum atomic E-state index is -2.40. The topological polar surface area (TPSA) is 40.6 Å². The van der Waals surface area contributed by atoms with Gasteiger partial charge in [-0.15, -0.1) is 11.3 Å². The SMILES string of the molecule is CO[Si](CCCSSSSc1nc2ccccc2s1)(OC)OC. The van der Waals surface area contributed by atoms with Crippen molar-refractivity contribution in [3.8, 4) is 0 Å². The third-order valence-corrected chi connectivity index (χ3v) is 13.6. The highest BCUT2D eigenvalue weighted by atomic mass is 33.7. The van der Waals surface area contributed by atoms with Gasteiger partial charge in [-0.1, -0.05) is 22.9 Å². The van der Waals surface area contributed by atoms with Gasteiger partial charge in [0.25, 0.3) is 0 Å². The first-order valence-corrected chi connectivity index (χ1v) is 14.6. The Morgan fingerprint density at radius 3 is 2.52 bits per heavy atom. The van der Waals surface area contributed by atoms with Crippen molar-refractivity contribution in [2.45, 2.75) is 16.8 Å². The third kappa shape index (κ3) is 6.12. The molecule has 0 fully saturated rings. The summed E-state index contributed by atoms with van der Waals surface area (Å²) in [5.74, 6) is 1.04. The fraction of sp³-hybridized carbons (Fsp3) is 0.462. The monoisotopic (exact) mass is 425 g/mol. The summed E-state index contributed by atoms with van der Waals surface area (Å²) >= 11 is 1.74. The maximum absolute atomic E-state index is 5.41. The largest absolute Gasteiger partial charge is 0.500 e. The van der Waals surface area contributed by atoms with E-state index in [0.29, 0.717) is 0 Å². The number of hydrogen-bond acceptors (Lipinski definition) is 9. The predicted molar refractivity (Wildman–Crippen MR) is 109 cm³/mol. The highest BCUT2D eigenvalue weighted by molar-refractivity contribution is 9.26. The molecule has 1 aromatic heterocycles. The molecule has 0 aliphatic rings. The van der Waals surface area contributed by atoms with Crippen LogP contribution in [0.4, 0.5) is 0 Å². The van der Waals surface area contributed by atoms with Gasteiger partial charge in [0.15, 0.2) is 4.34 Å². The van der Waals surface area contributed by atoms with Crippen LogP contribution in [-0.2, 0) is 13.3 Å². The number of para-hydroxylation sites is 1. The number of rotatable bonds is 11. The molecule has 23 heavy (non-hydrogen) atoms. The molecule has 0 aliphatic heterocycles. The zero-order valence-corrected chi connectivity index (χ0v) is 18.2. The summed E-state index contributed by atoms with van der Waals surface area (Å²) in [4.78, 5) is 4.61. The van der Waals surface area contributed by atoms with Gasteiger partial charge in [0.05, 0.1) is 10.2 Å². The van der Waals surface area contributed by atoms with Crippen LogP contribution in [-0.4, -0.2) is 40.9 Å². The van der Waals surface area contributed by atoms with E-state index >= 15 is 0 Å². The number of nitrogens with zero attached hydrogens (tertiary/aromatic N) is 1. The number of aromatic nitrogens is 1. The zero-order chi connectivity index (χ0) is 16.5. The van der Waals surface area contributed by atoms with Crippen LogP contribution in [0.25, 0.3) is 10.2 Å². The van der Waals surface area contributed by atoms with Gasteiger partial charge in [-0.05, 0) is 49.0 Å². The summed E-state index contributed by atoms with van der Waals surface area (Å²) in [5, 5.41) is 0. The van der Waals surface area contributed by atoms with E-state index in [9.17, 15) is 0 Å². The minimum absolute atomic E-state index is 0.847. The molecular formula is C13H19NO3S5Si. The zero-order valence-electron chi connectivity index (χ0n) is 13.1. The summed E-state index contributed by atoms with van der Waals surface area (Å²) in [6.45, 7) is 0. The van der Waals surface area contributed by atoms with Crippen molar-refractivity contribution in [2.75, 3.05) is 27.1 Å². The Morgan fingerprint density at radius 2 is 1.83 bits per heavy atom. The maximum atomic E-state index is 5.41. The molecule has 0 aliphatic carbocycles. The number of hydrogen-bond donors (Lipinski definition) is 0. The van der Waals surface area contributed by atoms with Crippen molar-refractivity contribution in [3.05, 3.63) is 24.3 Å².